The Morgan fingerprint density at radius 2 is 1.82 bits per heavy atom. The molecule has 0 atom stereocenters. The Balaban J connectivity index is 1.59. The molecule has 7 nitrogen and oxygen atoms in total. The molecule has 1 aliphatic heterocycles. The summed E-state index contributed by atoms with van der Waals surface area (Å²) < 4.78 is 52.6. The van der Waals surface area contributed by atoms with Gasteiger partial charge in [-0.2, -0.15) is 0 Å². The number of anilines is 1. The summed E-state index contributed by atoms with van der Waals surface area (Å²) in [5, 5.41) is 0. The summed E-state index contributed by atoms with van der Waals surface area (Å²) in [7, 11) is -4.10. The number of aryl methyl sites for hydroxylation is 1. The van der Waals surface area contributed by atoms with Gasteiger partial charge >= 0.3 is 0 Å². The minimum Gasteiger partial charge on any atom is -0.454 e. The summed E-state index contributed by atoms with van der Waals surface area (Å²) >= 11 is 0. The molecule has 0 aliphatic carbocycles. The maximum absolute atomic E-state index is 13.9. The van der Waals surface area contributed by atoms with Crippen LogP contribution in [0.2, 0.25) is 0 Å². The molecule has 1 N–H and O–H groups in total. The molecular weight excluding hydrogens is 447 g/mol. The number of hydrogen-bond acceptors (Lipinski definition) is 5. The molecular formula is C24H23FN2O5S. The van der Waals surface area contributed by atoms with E-state index in [1.54, 1.807) is 24.0 Å². The lowest BCUT2D eigenvalue weighted by Gasteiger charge is -2.22. The van der Waals surface area contributed by atoms with E-state index in [0.29, 0.717) is 30.2 Å². The van der Waals surface area contributed by atoms with Crippen molar-refractivity contribution in [2.75, 3.05) is 18.1 Å². The zero-order valence-electron chi connectivity index (χ0n) is 18.2. The minimum absolute atomic E-state index is 0.126. The maximum atomic E-state index is 13.9. The number of rotatable bonds is 7. The standard InChI is InChI=1S/C24H23FN2O5S/c1-3-27(14-17-9-11-22-23(12-17)32-15-31-22)24(28)19-13-18(10-8-16(19)2)33(29,30)26-21-7-5-4-6-20(21)25/h4-13,26H,3,14-15H2,1-2H3. The summed E-state index contributed by atoms with van der Waals surface area (Å²) in [6.45, 7) is 4.48. The van der Waals surface area contributed by atoms with Crippen molar-refractivity contribution in [3.05, 3.63) is 83.2 Å². The van der Waals surface area contributed by atoms with Crippen LogP contribution in [-0.2, 0) is 16.6 Å². The Bertz CT molecular complexity index is 1310. The van der Waals surface area contributed by atoms with Gasteiger partial charge in [0, 0.05) is 18.7 Å². The van der Waals surface area contributed by atoms with Crippen LogP contribution in [0.3, 0.4) is 0 Å². The van der Waals surface area contributed by atoms with Gasteiger partial charge in [0.1, 0.15) is 5.82 Å². The highest BCUT2D eigenvalue weighted by molar-refractivity contribution is 7.92. The van der Waals surface area contributed by atoms with E-state index >= 15 is 0 Å². The number of hydrogen-bond donors (Lipinski definition) is 1. The van der Waals surface area contributed by atoms with Crippen LogP contribution in [0.25, 0.3) is 0 Å². The van der Waals surface area contributed by atoms with Gasteiger partial charge in [-0.05, 0) is 61.4 Å². The average Bonchev–Trinajstić information content (AvgIpc) is 3.26. The summed E-state index contributed by atoms with van der Waals surface area (Å²) in [5.74, 6) is 0.282. The summed E-state index contributed by atoms with van der Waals surface area (Å²) in [4.78, 5) is 14.8. The Morgan fingerprint density at radius 3 is 2.58 bits per heavy atom. The van der Waals surface area contributed by atoms with Crippen LogP contribution in [0.5, 0.6) is 11.5 Å². The van der Waals surface area contributed by atoms with Gasteiger partial charge in [0.15, 0.2) is 11.5 Å². The van der Waals surface area contributed by atoms with Gasteiger partial charge in [0.25, 0.3) is 15.9 Å². The first-order valence-corrected chi connectivity index (χ1v) is 11.8. The number of fused-ring (bicyclic) bond motifs is 1. The molecule has 4 rings (SSSR count). The van der Waals surface area contributed by atoms with Crippen LogP contribution in [0.15, 0.2) is 65.6 Å². The molecule has 0 spiro atoms. The van der Waals surface area contributed by atoms with Crippen LogP contribution >= 0.6 is 0 Å². The van der Waals surface area contributed by atoms with Crippen molar-refractivity contribution in [3.63, 3.8) is 0 Å². The molecule has 0 saturated heterocycles. The molecule has 0 saturated carbocycles. The zero-order chi connectivity index (χ0) is 23.6. The van der Waals surface area contributed by atoms with Crippen LogP contribution in [-0.4, -0.2) is 32.6 Å². The Kier molecular flexibility index (Phi) is 6.24. The fraction of sp³-hybridized carbons (Fsp3) is 0.208. The molecule has 1 heterocycles. The van der Waals surface area contributed by atoms with Crippen molar-refractivity contribution >= 4 is 21.6 Å². The second kappa shape index (κ2) is 9.11. The lowest BCUT2D eigenvalue weighted by molar-refractivity contribution is 0.0751. The van der Waals surface area contributed by atoms with Crippen LogP contribution in [0.1, 0.15) is 28.4 Å². The fourth-order valence-corrected chi connectivity index (χ4v) is 4.60. The molecule has 0 radical (unpaired) electrons. The van der Waals surface area contributed by atoms with E-state index in [-0.39, 0.29) is 28.8 Å². The maximum Gasteiger partial charge on any atom is 0.262 e. The number of nitrogens with zero attached hydrogens (tertiary/aromatic N) is 1. The van der Waals surface area contributed by atoms with E-state index in [1.807, 2.05) is 19.1 Å². The van der Waals surface area contributed by atoms with E-state index in [2.05, 4.69) is 4.72 Å². The van der Waals surface area contributed by atoms with Crippen LogP contribution < -0.4 is 14.2 Å². The predicted molar refractivity (Wildman–Crippen MR) is 121 cm³/mol. The smallest absolute Gasteiger partial charge is 0.262 e. The number of benzene rings is 3. The highest BCUT2D eigenvalue weighted by Gasteiger charge is 2.23. The second-order valence-corrected chi connectivity index (χ2v) is 9.25. The molecule has 3 aromatic rings. The van der Waals surface area contributed by atoms with Gasteiger partial charge in [-0.3, -0.25) is 9.52 Å². The largest absolute Gasteiger partial charge is 0.454 e. The lowest BCUT2D eigenvalue weighted by Crippen LogP contribution is -2.31. The van der Waals surface area contributed by atoms with E-state index in [4.69, 9.17) is 9.47 Å². The number of nitrogens with one attached hydrogen (secondary N) is 1. The number of para-hydroxylation sites is 1. The molecule has 172 valence electrons. The Hall–Kier alpha value is -3.59. The Labute approximate surface area is 191 Å². The quantitative estimate of drug-likeness (QED) is 0.556. The third-order valence-electron chi connectivity index (χ3n) is 5.35. The van der Waals surface area contributed by atoms with E-state index < -0.39 is 15.8 Å². The number of ether oxygens (including phenoxy) is 2. The van der Waals surface area contributed by atoms with Gasteiger partial charge in [-0.15, -0.1) is 0 Å². The van der Waals surface area contributed by atoms with E-state index in [0.717, 1.165) is 11.6 Å². The first-order chi connectivity index (χ1) is 15.8. The topological polar surface area (TPSA) is 84.9 Å². The molecule has 33 heavy (non-hydrogen) atoms. The normalized spacial score (nSPS) is 12.5. The highest BCUT2D eigenvalue weighted by atomic mass is 32.2. The molecule has 1 amide bonds. The van der Waals surface area contributed by atoms with Crippen molar-refractivity contribution in [2.24, 2.45) is 0 Å². The van der Waals surface area contributed by atoms with Crippen molar-refractivity contribution in [3.8, 4) is 11.5 Å². The van der Waals surface area contributed by atoms with Gasteiger partial charge in [-0.25, -0.2) is 12.8 Å². The third kappa shape index (κ3) is 4.78. The molecule has 0 aromatic heterocycles. The van der Waals surface area contributed by atoms with E-state index in [1.165, 1.54) is 30.3 Å². The first-order valence-electron chi connectivity index (χ1n) is 10.3. The van der Waals surface area contributed by atoms with Crippen molar-refractivity contribution in [2.45, 2.75) is 25.3 Å². The Morgan fingerprint density at radius 1 is 1.06 bits per heavy atom. The first kappa shape index (κ1) is 22.6. The number of amides is 1. The zero-order valence-corrected chi connectivity index (χ0v) is 19.0. The highest BCUT2D eigenvalue weighted by Crippen LogP contribution is 2.33. The van der Waals surface area contributed by atoms with Crippen LogP contribution in [0, 0.1) is 12.7 Å². The molecule has 1 aliphatic rings. The number of halogens is 1. The number of carbonyl (C=O) groups is 1. The summed E-state index contributed by atoms with van der Waals surface area (Å²) in [6, 6.07) is 15.2. The molecule has 9 heteroatoms. The molecule has 0 unspecified atom stereocenters. The lowest BCUT2D eigenvalue weighted by atomic mass is 10.1. The summed E-state index contributed by atoms with van der Waals surface area (Å²) in [5.41, 5.74) is 1.59. The van der Waals surface area contributed by atoms with Gasteiger partial charge in [-0.1, -0.05) is 24.3 Å². The summed E-state index contributed by atoms with van der Waals surface area (Å²) in [6.07, 6.45) is 0. The monoisotopic (exact) mass is 470 g/mol. The molecule has 0 fully saturated rings. The minimum atomic E-state index is -4.10. The second-order valence-electron chi connectivity index (χ2n) is 7.57. The van der Waals surface area contributed by atoms with Crippen molar-refractivity contribution < 1.29 is 27.1 Å². The molecule has 0 bridgehead atoms. The van der Waals surface area contributed by atoms with E-state index in [9.17, 15) is 17.6 Å². The SMILES string of the molecule is CCN(Cc1ccc2c(c1)OCO2)C(=O)c1cc(S(=O)(=O)Nc2ccccc2F)ccc1C. The van der Waals surface area contributed by atoms with Gasteiger partial charge < -0.3 is 14.4 Å². The average molecular weight is 471 g/mol. The van der Waals surface area contributed by atoms with Gasteiger partial charge in [0.2, 0.25) is 6.79 Å². The number of carbonyl (C=O) groups excluding carboxylic acids is 1. The molecule has 3 aromatic carbocycles. The number of sulfonamides is 1. The predicted octanol–water partition coefficient (Wildman–Crippen LogP) is 4.33. The van der Waals surface area contributed by atoms with Crippen molar-refractivity contribution in [1.29, 1.82) is 0 Å². The fourth-order valence-electron chi connectivity index (χ4n) is 3.50. The third-order valence-corrected chi connectivity index (χ3v) is 6.71. The van der Waals surface area contributed by atoms with Crippen molar-refractivity contribution in [1.82, 2.24) is 4.90 Å². The van der Waals surface area contributed by atoms with Crippen LogP contribution in [0.4, 0.5) is 10.1 Å². The van der Waals surface area contributed by atoms with Gasteiger partial charge in [0.05, 0.1) is 10.6 Å².